The summed E-state index contributed by atoms with van der Waals surface area (Å²) in [6.07, 6.45) is 0. The van der Waals surface area contributed by atoms with E-state index in [0.29, 0.717) is 16.6 Å². The standard InChI is InChI=1S/C16H12FN3O3/c17-11-4-2-1-3-10(11)8-18-14(21)9-5-6-12-13(7-9)20-16(23)15(22)19-12/h1-7H,8H2,(H,18,21)(H,19,22)(H,20,23). The van der Waals surface area contributed by atoms with Gasteiger partial charge in [0.25, 0.3) is 5.91 Å². The summed E-state index contributed by atoms with van der Waals surface area (Å²) >= 11 is 0. The molecule has 6 nitrogen and oxygen atoms in total. The zero-order chi connectivity index (χ0) is 16.4. The first-order chi connectivity index (χ1) is 11.0. The Bertz CT molecular complexity index is 1010. The van der Waals surface area contributed by atoms with Crippen LogP contribution < -0.4 is 16.4 Å². The van der Waals surface area contributed by atoms with E-state index in [0.717, 1.165) is 0 Å². The van der Waals surface area contributed by atoms with E-state index in [2.05, 4.69) is 15.3 Å². The van der Waals surface area contributed by atoms with Crippen LogP contribution in [0.1, 0.15) is 15.9 Å². The van der Waals surface area contributed by atoms with Gasteiger partial charge in [0, 0.05) is 17.7 Å². The number of carbonyl (C=O) groups is 1. The van der Waals surface area contributed by atoms with Gasteiger partial charge in [-0.2, -0.15) is 0 Å². The molecule has 0 spiro atoms. The summed E-state index contributed by atoms with van der Waals surface area (Å²) in [6, 6.07) is 10.6. The molecule has 1 heterocycles. The second-order valence-electron chi connectivity index (χ2n) is 4.94. The Labute approximate surface area is 129 Å². The average molecular weight is 313 g/mol. The van der Waals surface area contributed by atoms with Crippen LogP contribution >= 0.6 is 0 Å². The van der Waals surface area contributed by atoms with Crippen molar-refractivity contribution in [1.29, 1.82) is 0 Å². The highest BCUT2D eigenvalue weighted by atomic mass is 19.1. The van der Waals surface area contributed by atoms with Gasteiger partial charge in [0.05, 0.1) is 11.0 Å². The molecule has 0 atom stereocenters. The third-order valence-corrected chi connectivity index (χ3v) is 3.38. The van der Waals surface area contributed by atoms with E-state index in [-0.39, 0.29) is 12.1 Å². The monoisotopic (exact) mass is 313 g/mol. The number of hydrogen-bond acceptors (Lipinski definition) is 3. The highest BCUT2D eigenvalue weighted by Gasteiger charge is 2.09. The van der Waals surface area contributed by atoms with Crippen LogP contribution in [0, 0.1) is 5.82 Å². The summed E-state index contributed by atoms with van der Waals surface area (Å²) < 4.78 is 13.5. The number of benzene rings is 2. The Balaban J connectivity index is 1.84. The van der Waals surface area contributed by atoms with Crippen molar-refractivity contribution in [2.24, 2.45) is 0 Å². The van der Waals surface area contributed by atoms with Gasteiger partial charge in [-0.3, -0.25) is 14.4 Å². The largest absolute Gasteiger partial charge is 0.348 e. The molecule has 3 aromatic rings. The van der Waals surface area contributed by atoms with Gasteiger partial charge in [-0.1, -0.05) is 18.2 Å². The lowest BCUT2D eigenvalue weighted by molar-refractivity contribution is 0.0950. The van der Waals surface area contributed by atoms with Gasteiger partial charge in [-0.05, 0) is 24.3 Å². The fraction of sp³-hybridized carbons (Fsp3) is 0.0625. The zero-order valence-electron chi connectivity index (χ0n) is 11.9. The number of halogens is 1. The third kappa shape index (κ3) is 3.03. The Morgan fingerprint density at radius 1 is 1.00 bits per heavy atom. The van der Waals surface area contributed by atoms with Crippen molar-refractivity contribution in [3.63, 3.8) is 0 Å². The second-order valence-corrected chi connectivity index (χ2v) is 4.94. The summed E-state index contributed by atoms with van der Waals surface area (Å²) in [5.74, 6) is -0.810. The SMILES string of the molecule is O=C(NCc1ccccc1F)c1ccc2[nH]c(=O)c(=O)[nH]c2c1. The molecule has 0 aliphatic heterocycles. The van der Waals surface area contributed by atoms with E-state index in [1.54, 1.807) is 18.2 Å². The Hall–Kier alpha value is -3.22. The molecule has 7 heteroatoms. The predicted octanol–water partition coefficient (Wildman–Crippen LogP) is 1.29. The number of fused-ring (bicyclic) bond motifs is 1. The number of rotatable bonds is 3. The summed E-state index contributed by atoms with van der Waals surface area (Å²) in [5, 5.41) is 2.60. The van der Waals surface area contributed by atoms with Crippen LogP contribution in [0.15, 0.2) is 52.1 Å². The van der Waals surface area contributed by atoms with Gasteiger partial charge in [0.2, 0.25) is 0 Å². The third-order valence-electron chi connectivity index (χ3n) is 3.38. The quantitative estimate of drug-likeness (QED) is 0.636. The molecule has 2 aromatic carbocycles. The molecule has 3 N–H and O–H groups in total. The molecule has 0 unspecified atom stereocenters. The van der Waals surface area contributed by atoms with Crippen LogP contribution in [0.4, 0.5) is 4.39 Å². The number of hydrogen-bond donors (Lipinski definition) is 3. The highest BCUT2D eigenvalue weighted by Crippen LogP contribution is 2.10. The average Bonchev–Trinajstić information content (AvgIpc) is 2.54. The lowest BCUT2D eigenvalue weighted by Crippen LogP contribution is -2.29. The van der Waals surface area contributed by atoms with Crippen LogP contribution in [-0.2, 0) is 6.54 Å². The molecule has 0 saturated heterocycles. The fourth-order valence-corrected chi connectivity index (χ4v) is 2.18. The van der Waals surface area contributed by atoms with Crippen LogP contribution in [0.25, 0.3) is 11.0 Å². The molecule has 23 heavy (non-hydrogen) atoms. The van der Waals surface area contributed by atoms with Gasteiger partial charge < -0.3 is 15.3 Å². The second kappa shape index (κ2) is 5.88. The highest BCUT2D eigenvalue weighted by molar-refractivity contribution is 5.97. The Kier molecular flexibility index (Phi) is 3.76. The van der Waals surface area contributed by atoms with E-state index in [4.69, 9.17) is 0 Å². The van der Waals surface area contributed by atoms with Gasteiger partial charge in [-0.15, -0.1) is 0 Å². The first-order valence-electron chi connectivity index (χ1n) is 6.82. The lowest BCUT2D eigenvalue weighted by atomic mass is 10.1. The molecule has 0 saturated carbocycles. The van der Waals surface area contributed by atoms with Gasteiger partial charge in [0.1, 0.15) is 5.82 Å². The van der Waals surface area contributed by atoms with E-state index in [1.165, 1.54) is 24.3 Å². The maximum atomic E-state index is 13.5. The molecule has 3 rings (SSSR count). The van der Waals surface area contributed by atoms with Crippen molar-refractivity contribution < 1.29 is 9.18 Å². The minimum absolute atomic E-state index is 0.0473. The van der Waals surface area contributed by atoms with Crippen molar-refractivity contribution in [2.75, 3.05) is 0 Å². The number of nitrogens with one attached hydrogen (secondary N) is 3. The predicted molar refractivity (Wildman–Crippen MR) is 82.8 cm³/mol. The normalized spacial score (nSPS) is 10.7. The van der Waals surface area contributed by atoms with Gasteiger partial charge in [-0.25, -0.2) is 4.39 Å². The van der Waals surface area contributed by atoms with E-state index in [9.17, 15) is 18.8 Å². The van der Waals surface area contributed by atoms with Crippen molar-refractivity contribution in [3.05, 3.63) is 80.1 Å². The van der Waals surface area contributed by atoms with Crippen molar-refractivity contribution in [3.8, 4) is 0 Å². The van der Waals surface area contributed by atoms with E-state index in [1.807, 2.05) is 0 Å². The van der Waals surface area contributed by atoms with Crippen molar-refractivity contribution in [2.45, 2.75) is 6.54 Å². The summed E-state index contributed by atoms with van der Waals surface area (Å²) in [4.78, 5) is 39.5. The maximum Gasteiger partial charge on any atom is 0.314 e. The number of H-pyrrole nitrogens is 2. The molecular weight excluding hydrogens is 301 g/mol. The Morgan fingerprint density at radius 3 is 2.43 bits per heavy atom. The van der Waals surface area contributed by atoms with Crippen LogP contribution in [0.3, 0.4) is 0 Å². The van der Waals surface area contributed by atoms with Crippen LogP contribution in [-0.4, -0.2) is 15.9 Å². The summed E-state index contributed by atoms with van der Waals surface area (Å²) in [6.45, 7) is 0.0473. The molecule has 0 aliphatic rings. The topological polar surface area (TPSA) is 94.8 Å². The van der Waals surface area contributed by atoms with Crippen LogP contribution in [0.5, 0.6) is 0 Å². The van der Waals surface area contributed by atoms with Crippen LogP contribution in [0.2, 0.25) is 0 Å². The molecule has 1 aromatic heterocycles. The Morgan fingerprint density at radius 2 is 1.70 bits per heavy atom. The molecule has 0 fully saturated rings. The molecule has 116 valence electrons. The minimum atomic E-state index is -0.790. The lowest BCUT2D eigenvalue weighted by Gasteiger charge is -2.07. The minimum Gasteiger partial charge on any atom is -0.348 e. The molecule has 0 radical (unpaired) electrons. The first-order valence-corrected chi connectivity index (χ1v) is 6.82. The molecule has 0 aliphatic carbocycles. The van der Waals surface area contributed by atoms with Crippen molar-refractivity contribution >= 4 is 16.9 Å². The summed E-state index contributed by atoms with van der Waals surface area (Å²) in [5.41, 5.74) is -0.125. The van der Waals surface area contributed by atoms with Crippen molar-refractivity contribution in [1.82, 2.24) is 15.3 Å². The number of aromatic nitrogens is 2. The number of aromatic amines is 2. The van der Waals surface area contributed by atoms with Gasteiger partial charge in [0.15, 0.2) is 0 Å². The number of carbonyl (C=O) groups excluding carboxylic acids is 1. The fourth-order valence-electron chi connectivity index (χ4n) is 2.18. The maximum absolute atomic E-state index is 13.5. The molecule has 0 bridgehead atoms. The number of amides is 1. The zero-order valence-corrected chi connectivity index (χ0v) is 11.9. The molecule has 1 amide bonds. The summed E-state index contributed by atoms with van der Waals surface area (Å²) in [7, 11) is 0. The van der Waals surface area contributed by atoms with Gasteiger partial charge >= 0.3 is 11.1 Å². The molecular formula is C16H12FN3O3. The smallest absolute Gasteiger partial charge is 0.314 e. The van der Waals surface area contributed by atoms with E-state index >= 15 is 0 Å². The van der Waals surface area contributed by atoms with E-state index < -0.39 is 22.8 Å². The first kappa shape index (κ1) is 14.7.